The van der Waals surface area contributed by atoms with Gasteiger partial charge in [0.2, 0.25) is 0 Å². The van der Waals surface area contributed by atoms with E-state index in [9.17, 15) is 0 Å². The van der Waals surface area contributed by atoms with Crippen molar-refractivity contribution in [2.45, 2.75) is 54.9 Å². The summed E-state index contributed by atoms with van der Waals surface area (Å²) in [5, 5.41) is 3.52. The van der Waals surface area contributed by atoms with E-state index in [2.05, 4.69) is 104 Å². The first-order valence-electron chi connectivity index (χ1n) is 13.7. The standard InChI is InChI=1S/C29H25NO.C5H10.C2H6/c1-5-11-27-19(4)23-16-17-26-28(29(23)31-27)24-14-8-9-15-25(24)30(26)22-13-10-12-21(18-22)20(6-2)7-3;1-3-5-4-2;1-2/h5-18H,2H2,1,3-4H3;3,5H,4H2,1-2H3;1-2H3/b11-5-,20-7+;5-3-;. The summed E-state index contributed by atoms with van der Waals surface area (Å²) in [5.74, 6) is 0.924. The third-order valence-electron chi connectivity index (χ3n) is 6.53. The molecule has 0 unspecified atom stereocenters. The van der Waals surface area contributed by atoms with Crippen LogP contribution in [0.1, 0.15) is 64.9 Å². The number of allylic oxidation sites excluding steroid dienone is 6. The van der Waals surface area contributed by atoms with Crippen molar-refractivity contribution in [2.75, 3.05) is 0 Å². The molecule has 196 valence electrons. The number of aryl methyl sites for hydroxylation is 1. The lowest BCUT2D eigenvalue weighted by atomic mass is 10.1. The van der Waals surface area contributed by atoms with E-state index in [1.165, 1.54) is 21.9 Å². The first-order chi connectivity index (χ1) is 18.6. The summed E-state index contributed by atoms with van der Waals surface area (Å²) in [6.45, 7) is 18.3. The van der Waals surface area contributed by atoms with Gasteiger partial charge in [-0.2, -0.15) is 0 Å². The Hall–Kier alpha value is -4.04. The van der Waals surface area contributed by atoms with E-state index < -0.39 is 0 Å². The van der Waals surface area contributed by atoms with Gasteiger partial charge in [-0.25, -0.2) is 0 Å². The molecule has 0 amide bonds. The summed E-state index contributed by atoms with van der Waals surface area (Å²) >= 11 is 0. The average Bonchev–Trinajstić information content (AvgIpc) is 3.46. The van der Waals surface area contributed by atoms with Crippen LogP contribution >= 0.6 is 0 Å². The van der Waals surface area contributed by atoms with E-state index >= 15 is 0 Å². The highest BCUT2D eigenvalue weighted by atomic mass is 16.3. The van der Waals surface area contributed by atoms with Crippen LogP contribution in [0.25, 0.3) is 50.1 Å². The van der Waals surface area contributed by atoms with Crippen molar-refractivity contribution in [1.29, 1.82) is 0 Å². The average molecular weight is 504 g/mol. The molecule has 2 aromatic heterocycles. The number of benzene rings is 3. The second kappa shape index (κ2) is 13.5. The van der Waals surface area contributed by atoms with Crippen LogP contribution in [0.3, 0.4) is 0 Å². The summed E-state index contributed by atoms with van der Waals surface area (Å²) in [7, 11) is 0. The van der Waals surface area contributed by atoms with Gasteiger partial charge in [-0.05, 0) is 81.7 Å². The predicted octanol–water partition coefficient (Wildman–Crippen LogP) is 11.5. The monoisotopic (exact) mass is 503 g/mol. The van der Waals surface area contributed by atoms with E-state index in [0.29, 0.717) is 0 Å². The maximum atomic E-state index is 6.38. The number of nitrogens with zero attached hydrogens (tertiary/aromatic N) is 1. The van der Waals surface area contributed by atoms with Crippen molar-refractivity contribution in [3.8, 4) is 5.69 Å². The van der Waals surface area contributed by atoms with Gasteiger partial charge in [0, 0.05) is 22.0 Å². The van der Waals surface area contributed by atoms with Crippen LogP contribution in [-0.4, -0.2) is 4.57 Å². The van der Waals surface area contributed by atoms with E-state index in [-0.39, 0.29) is 0 Å². The Morgan fingerprint density at radius 1 is 0.895 bits per heavy atom. The second-order valence-corrected chi connectivity index (χ2v) is 8.76. The topological polar surface area (TPSA) is 18.1 Å². The summed E-state index contributed by atoms with van der Waals surface area (Å²) in [6, 6.07) is 21.6. The quantitative estimate of drug-likeness (QED) is 0.172. The summed E-state index contributed by atoms with van der Waals surface area (Å²) in [4.78, 5) is 0. The minimum absolute atomic E-state index is 0.924. The number of hydrogen-bond acceptors (Lipinski definition) is 1. The first-order valence-corrected chi connectivity index (χ1v) is 13.7. The van der Waals surface area contributed by atoms with Crippen LogP contribution in [0.4, 0.5) is 0 Å². The molecule has 0 saturated heterocycles. The molecule has 0 saturated carbocycles. The van der Waals surface area contributed by atoms with Crippen LogP contribution in [0.15, 0.2) is 102 Å². The lowest BCUT2D eigenvalue weighted by Crippen LogP contribution is -1.95. The Balaban J connectivity index is 0.000000515. The third kappa shape index (κ3) is 5.45. The molecule has 3 aromatic carbocycles. The van der Waals surface area contributed by atoms with Crippen molar-refractivity contribution >= 4 is 44.4 Å². The molecule has 0 aliphatic carbocycles. The Labute approximate surface area is 228 Å². The normalized spacial score (nSPS) is 11.7. The summed E-state index contributed by atoms with van der Waals surface area (Å²) in [5.41, 5.74) is 7.86. The number of hydrogen-bond donors (Lipinski definition) is 0. The van der Waals surface area contributed by atoms with Gasteiger partial charge in [0.15, 0.2) is 0 Å². The molecule has 0 spiro atoms. The summed E-state index contributed by atoms with van der Waals surface area (Å²) < 4.78 is 8.71. The molecule has 5 aromatic rings. The van der Waals surface area contributed by atoms with E-state index in [1.54, 1.807) is 0 Å². The fourth-order valence-corrected chi connectivity index (χ4v) is 4.80. The lowest BCUT2D eigenvalue weighted by molar-refractivity contribution is 0.604. The Kier molecular flexibility index (Phi) is 10.1. The van der Waals surface area contributed by atoms with Crippen LogP contribution in [-0.2, 0) is 0 Å². The first kappa shape index (κ1) is 28.5. The van der Waals surface area contributed by atoms with Gasteiger partial charge in [0.25, 0.3) is 0 Å². The number of fused-ring (bicyclic) bond motifs is 5. The molecule has 0 bridgehead atoms. The smallest absolute Gasteiger partial charge is 0.145 e. The zero-order valence-corrected chi connectivity index (χ0v) is 24.0. The minimum atomic E-state index is 0.924. The van der Waals surface area contributed by atoms with Crippen molar-refractivity contribution in [1.82, 2.24) is 4.57 Å². The Bertz CT molecular complexity index is 1620. The molecule has 0 aliphatic heterocycles. The highest BCUT2D eigenvalue weighted by Gasteiger charge is 2.19. The van der Waals surface area contributed by atoms with Crippen molar-refractivity contribution in [3.63, 3.8) is 0 Å². The zero-order chi connectivity index (χ0) is 27.7. The maximum Gasteiger partial charge on any atom is 0.145 e. The molecule has 38 heavy (non-hydrogen) atoms. The van der Waals surface area contributed by atoms with Crippen molar-refractivity contribution < 1.29 is 4.42 Å². The van der Waals surface area contributed by atoms with E-state index in [0.717, 1.165) is 45.5 Å². The molecule has 2 heteroatoms. The Morgan fingerprint density at radius 3 is 2.29 bits per heavy atom. The SMILES string of the molecule is C/C=C\CC.C=C/C(=C\C)c1cccc(-n2c3ccccc3c3c4oc(/C=C\C)c(C)c4ccc32)c1.CC. The molecule has 0 aliphatic rings. The molecular formula is C36H41NO. The number of para-hydroxylation sites is 1. The van der Waals surface area contributed by atoms with Gasteiger partial charge in [0.05, 0.1) is 16.4 Å². The van der Waals surface area contributed by atoms with Crippen LogP contribution in [0, 0.1) is 6.92 Å². The molecule has 0 atom stereocenters. The molecular weight excluding hydrogens is 462 g/mol. The molecule has 2 nitrogen and oxygen atoms in total. The van der Waals surface area contributed by atoms with Gasteiger partial charge in [-0.3, -0.25) is 0 Å². The zero-order valence-electron chi connectivity index (χ0n) is 24.0. The largest absolute Gasteiger partial charge is 0.456 e. The number of rotatable bonds is 5. The molecule has 2 heterocycles. The van der Waals surface area contributed by atoms with Gasteiger partial charge in [0.1, 0.15) is 11.3 Å². The summed E-state index contributed by atoms with van der Waals surface area (Å²) in [6.07, 6.45) is 13.4. The highest BCUT2D eigenvalue weighted by Crippen LogP contribution is 2.39. The van der Waals surface area contributed by atoms with Crippen LogP contribution in [0.2, 0.25) is 0 Å². The van der Waals surface area contributed by atoms with E-state index in [4.69, 9.17) is 4.42 Å². The number of furan rings is 1. The van der Waals surface area contributed by atoms with E-state index in [1.807, 2.05) is 52.8 Å². The second-order valence-electron chi connectivity index (χ2n) is 8.76. The number of aromatic nitrogens is 1. The Morgan fingerprint density at radius 2 is 1.66 bits per heavy atom. The highest BCUT2D eigenvalue weighted by molar-refractivity contribution is 6.20. The fraction of sp³-hybridized carbons (Fsp3) is 0.222. The molecule has 0 radical (unpaired) electrons. The van der Waals surface area contributed by atoms with Crippen molar-refractivity contribution in [2.24, 2.45) is 0 Å². The van der Waals surface area contributed by atoms with Gasteiger partial charge >= 0.3 is 0 Å². The molecule has 0 N–H and O–H groups in total. The molecule has 0 fully saturated rings. The van der Waals surface area contributed by atoms with Gasteiger partial charge < -0.3 is 8.98 Å². The fourth-order valence-electron chi connectivity index (χ4n) is 4.80. The minimum Gasteiger partial charge on any atom is -0.456 e. The van der Waals surface area contributed by atoms with Gasteiger partial charge in [-0.15, -0.1) is 0 Å². The van der Waals surface area contributed by atoms with Crippen LogP contribution < -0.4 is 0 Å². The van der Waals surface area contributed by atoms with Crippen molar-refractivity contribution in [3.05, 3.63) is 115 Å². The maximum absolute atomic E-state index is 6.38. The van der Waals surface area contributed by atoms with Gasteiger partial charge in [-0.1, -0.05) is 88.1 Å². The lowest BCUT2D eigenvalue weighted by Gasteiger charge is -2.10. The predicted molar refractivity (Wildman–Crippen MR) is 170 cm³/mol. The van der Waals surface area contributed by atoms with Crippen LogP contribution in [0.5, 0.6) is 0 Å². The molecule has 5 rings (SSSR count). The third-order valence-corrected chi connectivity index (χ3v) is 6.53.